The molecule has 1 aliphatic heterocycles. The fraction of sp³-hybridized carbons (Fsp3) is 0.0526. The van der Waals surface area contributed by atoms with Crippen molar-refractivity contribution in [1.82, 2.24) is 19.9 Å². The molecule has 5 rings (SSSR count). The number of nitrogen functional groups attached to an aromatic ring is 1. The fourth-order valence-electron chi connectivity index (χ4n) is 3.36. The molecule has 0 fully saturated rings. The zero-order chi connectivity index (χ0) is 17.8. The lowest BCUT2D eigenvalue weighted by Gasteiger charge is -2.19. The minimum atomic E-state index is -0.440. The molecule has 2 aliphatic rings. The van der Waals surface area contributed by atoms with Crippen molar-refractivity contribution in [3.8, 4) is 11.1 Å². The molecule has 1 amide bonds. The van der Waals surface area contributed by atoms with Gasteiger partial charge >= 0.3 is 0 Å². The maximum atomic E-state index is 14.6. The van der Waals surface area contributed by atoms with Crippen molar-refractivity contribution in [3.05, 3.63) is 71.9 Å². The molecule has 2 aromatic heterocycles. The Labute approximate surface area is 147 Å². The minimum absolute atomic E-state index is 0.184. The van der Waals surface area contributed by atoms with Crippen molar-refractivity contribution < 1.29 is 9.18 Å². The van der Waals surface area contributed by atoms with E-state index in [-0.39, 0.29) is 11.5 Å². The highest BCUT2D eigenvalue weighted by molar-refractivity contribution is 6.12. The number of hydrogen-bond acceptors (Lipinski definition) is 5. The number of rotatable bonds is 2. The van der Waals surface area contributed by atoms with Crippen LogP contribution in [-0.4, -0.2) is 25.8 Å². The van der Waals surface area contributed by atoms with E-state index >= 15 is 0 Å². The quantitative estimate of drug-likeness (QED) is 0.772. The topological polar surface area (TPSA) is 85.0 Å². The summed E-state index contributed by atoms with van der Waals surface area (Å²) in [7, 11) is 0. The lowest BCUT2D eigenvalue weighted by atomic mass is 10.00. The highest BCUT2D eigenvalue weighted by Crippen LogP contribution is 2.38. The second kappa shape index (κ2) is 5.19. The van der Waals surface area contributed by atoms with Crippen LogP contribution in [0.5, 0.6) is 0 Å². The van der Waals surface area contributed by atoms with E-state index in [0.29, 0.717) is 40.0 Å². The number of benzene rings is 1. The highest BCUT2D eigenvalue weighted by Gasteiger charge is 2.34. The lowest BCUT2D eigenvalue weighted by Crippen LogP contribution is -2.24. The summed E-state index contributed by atoms with van der Waals surface area (Å²) in [6.45, 7) is 0.311. The van der Waals surface area contributed by atoms with Gasteiger partial charge in [0.15, 0.2) is 0 Å². The number of amides is 1. The summed E-state index contributed by atoms with van der Waals surface area (Å²) in [5.41, 5.74) is 9.57. The molecule has 0 radical (unpaired) electrons. The number of nitrogens with two attached hydrogens (primary N) is 1. The van der Waals surface area contributed by atoms with Crippen LogP contribution in [0.3, 0.4) is 0 Å². The Kier molecular flexibility index (Phi) is 2.94. The summed E-state index contributed by atoms with van der Waals surface area (Å²) in [5.74, 6) is -0.624. The van der Waals surface area contributed by atoms with Gasteiger partial charge in [-0.2, -0.15) is 0 Å². The maximum absolute atomic E-state index is 14.6. The lowest BCUT2D eigenvalue weighted by molar-refractivity contribution is 0.0831. The second-order valence-electron chi connectivity index (χ2n) is 6.13. The Morgan fingerprint density at radius 3 is 2.62 bits per heavy atom. The van der Waals surface area contributed by atoms with E-state index in [1.54, 1.807) is 11.0 Å². The third-order valence-corrected chi connectivity index (χ3v) is 4.68. The standard InChI is InChI=1S/C19H12FN5O/c20-13-5-4-12-17(21)16-14(8-25(19(16)26)11-2-1-3-11)24-18(12)15(13)10-6-22-9-23-7-10/h1-7,9H,8H2,(H2,21,24). The van der Waals surface area contributed by atoms with Crippen molar-refractivity contribution in [2.45, 2.75) is 6.54 Å². The molecule has 0 saturated heterocycles. The summed E-state index contributed by atoms with van der Waals surface area (Å²) in [4.78, 5) is 26.9. The molecule has 0 spiro atoms. The van der Waals surface area contributed by atoms with Gasteiger partial charge in [0.25, 0.3) is 5.91 Å². The Morgan fingerprint density at radius 1 is 1.15 bits per heavy atom. The smallest absolute Gasteiger partial charge is 0.262 e. The molecule has 6 nitrogen and oxygen atoms in total. The number of pyridine rings is 1. The molecule has 1 aliphatic carbocycles. The molecule has 126 valence electrons. The normalized spacial score (nSPS) is 15.2. The van der Waals surface area contributed by atoms with Gasteiger partial charge in [-0.15, -0.1) is 0 Å². The first-order chi connectivity index (χ1) is 12.6. The first kappa shape index (κ1) is 14.7. The van der Waals surface area contributed by atoms with Gasteiger partial charge in [0.1, 0.15) is 12.1 Å². The summed E-state index contributed by atoms with van der Waals surface area (Å²) in [6.07, 6.45) is 10.00. The summed E-state index contributed by atoms with van der Waals surface area (Å²) in [6, 6.07) is 2.88. The van der Waals surface area contributed by atoms with E-state index < -0.39 is 5.82 Å². The third-order valence-electron chi connectivity index (χ3n) is 4.68. The first-order valence-electron chi connectivity index (χ1n) is 8.01. The molecule has 2 N–H and O–H groups in total. The maximum Gasteiger partial charge on any atom is 0.262 e. The Morgan fingerprint density at radius 2 is 1.92 bits per heavy atom. The van der Waals surface area contributed by atoms with Crippen molar-refractivity contribution >= 4 is 22.5 Å². The number of halogens is 1. The van der Waals surface area contributed by atoms with Crippen molar-refractivity contribution in [2.24, 2.45) is 0 Å². The molecular formula is C19H12FN5O. The van der Waals surface area contributed by atoms with Crippen LogP contribution in [0.2, 0.25) is 0 Å². The average Bonchev–Trinajstić information content (AvgIpc) is 2.91. The van der Waals surface area contributed by atoms with Crippen LogP contribution in [-0.2, 0) is 6.54 Å². The van der Waals surface area contributed by atoms with E-state index in [0.717, 1.165) is 5.70 Å². The average molecular weight is 345 g/mol. The number of aromatic nitrogens is 3. The number of carbonyl (C=O) groups is 1. The molecule has 3 heterocycles. The van der Waals surface area contributed by atoms with Crippen LogP contribution in [0.1, 0.15) is 16.1 Å². The largest absolute Gasteiger partial charge is 0.397 e. The van der Waals surface area contributed by atoms with E-state index in [9.17, 15) is 9.18 Å². The number of nitrogens with zero attached hydrogens (tertiary/aromatic N) is 4. The van der Waals surface area contributed by atoms with Gasteiger partial charge in [0.2, 0.25) is 0 Å². The van der Waals surface area contributed by atoms with Crippen molar-refractivity contribution in [1.29, 1.82) is 0 Å². The van der Waals surface area contributed by atoms with Gasteiger partial charge in [0.05, 0.1) is 29.0 Å². The van der Waals surface area contributed by atoms with Crippen molar-refractivity contribution in [3.63, 3.8) is 0 Å². The van der Waals surface area contributed by atoms with E-state index in [2.05, 4.69) is 15.0 Å². The molecule has 0 unspecified atom stereocenters. The molecule has 0 bridgehead atoms. The number of anilines is 1. The minimum Gasteiger partial charge on any atom is -0.397 e. The third kappa shape index (κ3) is 1.91. The zero-order valence-electron chi connectivity index (χ0n) is 13.5. The Balaban J connectivity index is 1.77. The number of fused-ring (bicyclic) bond motifs is 2. The van der Waals surface area contributed by atoms with Crippen LogP contribution in [0.4, 0.5) is 10.1 Å². The fourth-order valence-corrected chi connectivity index (χ4v) is 3.36. The molecule has 3 aromatic rings. The van der Waals surface area contributed by atoms with Crippen LogP contribution >= 0.6 is 0 Å². The van der Waals surface area contributed by atoms with Gasteiger partial charge in [0, 0.05) is 34.6 Å². The molecule has 0 saturated carbocycles. The van der Waals surface area contributed by atoms with Crippen LogP contribution in [0.25, 0.3) is 22.0 Å². The summed E-state index contributed by atoms with van der Waals surface area (Å²) >= 11 is 0. The van der Waals surface area contributed by atoms with Gasteiger partial charge < -0.3 is 10.6 Å². The SMILES string of the molecule is Nc1c2c(nc3c(-c4cncnc4)c(F)ccc13)CN(C1=CC=C1)C2=O. The van der Waals surface area contributed by atoms with E-state index in [4.69, 9.17) is 5.73 Å². The number of hydrogen-bond donors (Lipinski definition) is 1. The monoisotopic (exact) mass is 345 g/mol. The van der Waals surface area contributed by atoms with E-state index in [1.165, 1.54) is 24.8 Å². The van der Waals surface area contributed by atoms with Gasteiger partial charge in [-0.05, 0) is 24.3 Å². The molecular weight excluding hydrogens is 333 g/mol. The Bertz CT molecular complexity index is 1150. The second-order valence-corrected chi connectivity index (χ2v) is 6.13. The van der Waals surface area contributed by atoms with Crippen LogP contribution < -0.4 is 5.73 Å². The predicted molar refractivity (Wildman–Crippen MR) is 94.2 cm³/mol. The van der Waals surface area contributed by atoms with Gasteiger partial charge in [-0.25, -0.2) is 19.3 Å². The van der Waals surface area contributed by atoms with Gasteiger partial charge in [-0.3, -0.25) is 4.79 Å². The van der Waals surface area contributed by atoms with Crippen LogP contribution in [0.15, 0.2) is 54.8 Å². The first-order valence-corrected chi connectivity index (χ1v) is 8.01. The van der Waals surface area contributed by atoms with E-state index in [1.807, 2.05) is 18.2 Å². The highest BCUT2D eigenvalue weighted by atomic mass is 19.1. The predicted octanol–water partition coefficient (Wildman–Crippen LogP) is 2.82. The molecule has 0 atom stereocenters. The van der Waals surface area contributed by atoms with Crippen molar-refractivity contribution in [2.75, 3.05) is 5.73 Å². The molecule has 7 heteroatoms. The molecule has 26 heavy (non-hydrogen) atoms. The van der Waals surface area contributed by atoms with Crippen LogP contribution in [0, 0.1) is 5.82 Å². The number of carbonyl (C=O) groups excluding carboxylic acids is 1. The Hall–Kier alpha value is -3.61. The number of allylic oxidation sites excluding steroid dienone is 3. The molecule has 1 aromatic carbocycles. The zero-order valence-corrected chi connectivity index (χ0v) is 13.5. The summed E-state index contributed by atoms with van der Waals surface area (Å²) < 4.78 is 14.6. The van der Waals surface area contributed by atoms with Gasteiger partial charge in [-0.1, -0.05) is 6.08 Å². The summed E-state index contributed by atoms with van der Waals surface area (Å²) in [5, 5.41) is 0.539.